The molecule has 1 aliphatic heterocycles. The van der Waals surface area contributed by atoms with Crippen LogP contribution in [0, 0.1) is 35.5 Å². The minimum absolute atomic E-state index is 0.0885. The summed E-state index contributed by atoms with van der Waals surface area (Å²) in [5.41, 5.74) is 0.834. The van der Waals surface area contributed by atoms with E-state index in [0.29, 0.717) is 16.9 Å². The first-order valence-electron chi connectivity index (χ1n) is 11.2. The van der Waals surface area contributed by atoms with Gasteiger partial charge in [0, 0.05) is 11.4 Å². The van der Waals surface area contributed by atoms with Crippen molar-refractivity contribution in [3.63, 3.8) is 0 Å². The van der Waals surface area contributed by atoms with Gasteiger partial charge in [-0.25, -0.2) is 4.79 Å². The van der Waals surface area contributed by atoms with Crippen LogP contribution in [0.4, 0.5) is 0 Å². The molecule has 7 heteroatoms. The number of rotatable bonds is 5. The SMILES string of the molecule is O=C(Oc1ccc(Cl)cc1Cl)[C@H](Cc1ccccc1)N1C(=O)[C@H]2[C@@H]3C=C[C@H]([C@H]4C[C@H]34)[C@@H]2C1=O. The van der Waals surface area contributed by atoms with Crippen LogP contribution in [0.2, 0.25) is 10.0 Å². The van der Waals surface area contributed by atoms with E-state index < -0.39 is 12.0 Å². The second kappa shape index (κ2) is 7.71. The van der Waals surface area contributed by atoms with Gasteiger partial charge in [-0.2, -0.15) is 0 Å². The van der Waals surface area contributed by atoms with Gasteiger partial charge in [0.15, 0.2) is 0 Å². The van der Waals surface area contributed by atoms with Gasteiger partial charge in [0.2, 0.25) is 11.8 Å². The first-order valence-corrected chi connectivity index (χ1v) is 12.0. The summed E-state index contributed by atoms with van der Waals surface area (Å²) in [4.78, 5) is 41.8. The predicted molar refractivity (Wildman–Crippen MR) is 123 cm³/mol. The number of likely N-dealkylation sites (tertiary alicyclic amines) is 1. The number of amides is 2. The van der Waals surface area contributed by atoms with E-state index in [1.165, 1.54) is 17.0 Å². The highest BCUT2D eigenvalue weighted by molar-refractivity contribution is 6.35. The number of esters is 1. The van der Waals surface area contributed by atoms with Crippen molar-refractivity contribution in [2.45, 2.75) is 18.9 Å². The molecule has 1 saturated heterocycles. The standard InChI is InChI=1S/C26H21Cl2NO4/c27-14-6-9-21(19(28)11-14)33-26(32)20(10-13-4-2-1-3-5-13)29-24(30)22-15-7-8-16(18-12-17(15)18)23(22)25(29)31/h1-9,11,15-18,20,22-23H,10,12H2/t15-,16-,17-,18-,20+,22+,23+/m1/s1. The maximum Gasteiger partial charge on any atom is 0.335 e. The highest BCUT2D eigenvalue weighted by atomic mass is 35.5. The molecule has 0 N–H and O–H groups in total. The molecule has 1 heterocycles. The van der Waals surface area contributed by atoms with Crippen molar-refractivity contribution in [1.29, 1.82) is 0 Å². The van der Waals surface area contributed by atoms with Crippen LogP contribution in [-0.2, 0) is 20.8 Å². The van der Waals surface area contributed by atoms with E-state index in [1.54, 1.807) is 6.07 Å². The molecule has 0 aromatic heterocycles. The van der Waals surface area contributed by atoms with Gasteiger partial charge in [-0.3, -0.25) is 14.5 Å². The molecule has 2 bridgehead atoms. The molecular weight excluding hydrogens is 461 g/mol. The van der Waals surface area contributed by atoms with Crippen molar-refractivity contribution >= 4 is 41.0 Å². The normalized spacial score (nSPS) is 31.9. The summed E-state index contributed by atoms with van der Waals surface area (Å²) >= 11 is 12.2. The number of carbonyl (C=O) groups excluding carboxylic acids is 3. The Bertz CT molecular complexity index is 1160. The number of nitrogens with zero attached hydrogens (tertiary/aromatic N) is 1. The third kappa shape index (κ3) is 3.32. The Morgan fingerprint density at radius 2 is 1.61 bits per heavy atom. The van der Waals surface area contributed by atoms with Crippen LogP contribution in [0.1, 0.15) is 12.0 Å². The number of halogens is 2. The van der Waals surface area contributed by atoms with Crippen molar-refractivity contribution in [2.75, 3.05) is 0 Å². The minimum Gasteiger partial charge on any atom is -0.423 e. The average Bonchev–Trinajstić information content (AvgIpc) is 3.59. The van der Waals surface area contributed by atoms with Crippen molar-refractivity contribution in [3.8, 4) is 5.75 Å². The molecule has 2 amide bonds. The van der Waals surface area contributed by atoms with Crippen LogP contribution >= 0.6 is 23.2 Å². The Labute approximate surface area is 201 Å². The van der Waals surface area contributed by atoms with Gasteiger partial charge < -0.3 is 4.74 Å². The number of allylic oxidation sites excluding steroid dienone is 2. The summed E-state index contributed by atoms with van der Waals surface area (Å²) in [6.45, 7) is 0. The number of ether oxygens (including phenoxy) is 1. The minimum atomic E-state index is -1.07. The van der Waals surface area contributed by atoms with E-state index in [0.717, 1.165) is 12.0 Å². The number of benzene rings is 2. The van der Waals surface area contributed by atoms with Crippen LogP contribution < -0.4 is 4.74 Å². The maximum absolute atomic E-state index is 13.6. The second-order valence-corrected chi connectivity index (χ2v) is 10.2. The molecule has 7 rings (SSSR count). The molecular formula is C26H21Cl2NO4. The van der Waals surface area contributed by atoms with E-state index in [2.05, 4.69) is 12.2 Å². The Morgan fingerprint density at radius 1 is 0.970 bits per heavy atom. The highest BCUT2D eigenvalue weighted by Crippen LogP contribution is 2.65. The van der Waals surface area contributed by atoms with Crippen LogP contribution in [0.5, 0.6) is 5.75 Å². The molecule has 0 radical (unpaired) electrons. The summed E-state index contributed by atoms with van der Waals surface area (Å²) in [5, 5.41) is 0.598. The van der Waals surface area contributed by atoms with Gasteiger partial charge >= 0.3 is 5.97 Å². The highest BCUT2D eigenvalue weighted by Gasteiger charge is 2.68. The molecule has 4 aliphatic carbocycles. The van der Waals surface area contributed by atoms with Crippen LogP contribution in [-0.4, -0.2) is 28.7 Å². The van der Waals surface area contributed by atoms with E-state index in [9.17, 15) is 14.4 Å². The lowest BCUT2D eigenvalue weighted by Crippen LogP contribution is -2.48. The van der Waals surface area contributed by atoms with Gasteiger partial charge in [0.25, 0.3) is 0 Å². The zero-order valence-electron chi connectivity index (χ0n) is 17.6. The van der Waals surface area contributed by atoms with Crippen LogP contribution in [0.3, 0.4) is 0 Å². The molecule has 7 atom stereocenters. The zero-order chi connectivity index (χ0) is 22.9. The van der Waals surface area contributed by atoms with Gasteiger partial charge in [0.05, 0.1) is 16.9 Å². The van der Waals surface area contributed by atoms with E-state index in [1.807, 2.05) is 30.3 Å². The first-order chi connectivity index (χ1) is 15.9. The van der Waals surface area contributed by atoms with Gasteiger partial charge in [0.1, 0.15) is 11.8 Å². The third-order valence-corrected chi connectivity index (χ3v) is 8.19. The second-order valence-electron chi connectivity index (χ2n) is 9.40. The summed E-state index contributed by atoms with van der Waals surface area (Å²) < 4.78 is 5.60. The Morgan fingerprint density at radius 3 is 2.21 bits per heavy atom. The van der Waals surface area contributed by atoms with Gasteiger partial charge in [-0.05, 0) is 53.9 Å². The number of hydrogen-bond donors (Lipinski definition) is 0. The fourth-order valence-electron chi connectivity index (χ4n) is 6.14. The molecule has 0 spiro atoms. The van der Waals surface area contributed by atoms with Gasteiger partial charge in [-0.1, -0.05) is 65.7 Å². The molecule has 2 aromatic carbocycles. The molecule has 5 nitrogen and oxygen atoms in total. The first kappa shape index (κ1) is 20.9. The predicted octanol–water partition coefficient (Wildman–Crippen LogP) is 4.56. The maximum atomic E-state index is 13.6. The van der Waals surface area contributed by atoms with Crippen LogP contribution in [0.25, 0.3) is 0 Å². The van der Waals surface area contributed by atoms with Crippen molar-refractivity contribution in [1.82, 2.24) is 4.90 Å². The summed E-state index contributed by atoms with van der Waals surface area (Å²) in [5.74, 6) is -0.642. The van der Waals surface area contributed by atoms with E-state index in [-0.39, 0.29) is 52.7 Å². The summed E-state index contributed by atoms with van der Waals surface area (Å²) in [6.07, 6.45) is 5.50. The largest absolute Gasteiger partial charge is 0.423 e. The monoisotopic (exact) mass is 481 g/mol. The van der Waals surface area contributed by atoms with E-state index >= 15 is 0 Å². The molecule has 0 unspecified atom stereocenters. The molecule has 2 aromatic rings. The molecule has 5 aliphatic rings. The van der Waals surface area contributed by atoms with Crippen LogP contribution in [0.15, 0.2) is 60.7 Å². The summed E-state index contributed by atoms with van der Waals surface area (Å²) in [7, 11) is 0. The molecule has 2 saturated carbocycles. The number of hydrogen-bond acceptors (Lipinski definition) is 4. The Kier molecular flexibility index (Phi) is 4.89. The topological polar surface area (TPSA) is 63.7 Å². The van der Waals surface area contributed by atoms with Gasteiger partial charge in [-0.15, -0.1) is 0 Å². The lowest BCUT2D eigenvalue weighted by molar-refractivity contribution is -0.153. The fraction of sp³-hybridized carbons (Fsp3) is 0.346. The fourth-order valence-corrected chi connectivity index (χ4v) is 6.59. The zero-order valence-corrected chi connectivity index (χ0v) is 19.1. The molecule has 3 fully saturated rings. The molecule has 168 valence electrons. The number of imide groups is 1. The number of carbonyl (C=O) groups is 3. The lowest BCUT2D eigenvalue weighted by atomic mass is 9.63. The van der Waals surface area contributed by atoms with Crippen molar-refractivity contribution < 1.29 is 19.1 Å². The average molecular weight is 482 g/mol. The lowest BCUT2D eigenvalue weighted by Gasteiger charge is -2.37. The Hall–Kier alpha value is -2.63. The molecule has 33 heavy (non-hydrogen) atoms. The van der Waals surface area contributed by atoms with Crippen molar-refractivity contribution in [2.24, 2.45) is 35.5 Å². The summed E-state index contributed by atoms with van der Waals surface area (Å²) in [6, 6.07) is 12.8. The Balaban J connectivity index is 1.34. The quantitative estimate of drug-likeness (QED) is 0.271. The van der Waals surface area contributed by atoms with E-state index in [4.69, 9.17) is 27.9 Å². The van der Waals surface area contributed by atoms with Crippen molar-refractivity contribution in [3.05, 3.63) is 76.3 Å². The third-order valence-electron chi connectivity index (χ3n) is 7.66. The smallest absolute Gasteiger partial charge is 0.335 e.